The number of rotatable bonds is 9. The van der Waals surface area contributed by atoms with Crippen LogP contribution in [0.4, 0.5) is 0 Å². The SMILES string of the molecule is COCCN(Cc1csc(CNC(C)C)n1)C1CC1. The molecule has 108 valence electrons. The zero-order valence-corrected chi connectivity index (χ0v) is 13.0. The highest BCUT2D eigenvalue weighted by molar-refractivity contribution is 7.09. The molecule has 1 aliphatic carbocycles. The van der Waals surface area contributed by atoms with Crippen molar-refractivity contribution in [2.45, 2.75) is 51.9 Å². The van der Waals surface area contributed by atoms with E-state index in [1.54, 1.807) is 18.4 Å². The highest BCUT2D eigenvalue weighted by atomic mass is 32.1. The molecule has 1 heterocycles. The maximum absolute atomic E-state index is 5.19. The molecule has 0 radical (unpaired) electrons. The summed E-state index contributed by atoms with van der Waals surface area (Å²) in [5.41, 5.74) is 1.20. The summed E-state index contributed by atoms with van der Waals surface area (Å²) < 4.78 is 5.19. The molecule has 1 saturated carbocycles. The second-order valence-electron chi connectivity index (χ2n) is 5.46. The van der Waals surface area contributed by atoms with Gasteiger partial charge in [0.2, 0.25) is 0 Å². The predicted molar refractivity (Wildman–Crippen MR) is 79.4 cm³/mol. The van der Waals surface area contributed by atoms with Gasteiger partial charge in [0, 0.05) is 44.2 Å². The van der Waals surface area contributed by atoms with Gasteiger partial charge in [-0.15, -0.1) is 11.3 Å². The fourth-order valence-electron chi connectivity index (χ4n) is 2.04. The maximum Gasteiger partial charge on any atom is 0.107 e. The molecule has 0 amide bonds. The summed E-state index contributed by atoms with van der Waals surface area (Å²) in [5.74, 6) is 0. The summed E-state index contributed by atoms with van der Waals surface area (Å²) in [6.07, 6.45) is 2.66. The van der Waals surface area contributed by atoms with E-state index >= 15 is 0 Å². The molecule has 0 saturated heterocycles. The van der Waals surface area contributed by atoms with E-state index in [2.05, 4.69) is 29.4 Å². The molecule has 1 aromatic heterocycles. The maximum atomic E-state index is 5.19. The average Bonchev–Trinajstić information content (AvgIpc) is 3.13. The molecular formula is C14H25N3OS. The van der Waals surface area contributed by atoms with Crippen molar-refractivity contribution in [3.63, 3.8) is 0 Å². The van der Waals surface area contributed by atoms with Crippen LogP contribution in [0.25, 0.3) is 0 Å². The van der Waals surface area contributed by atoms with E-state index in [9.17, 15) is 0 Å². The molecular weight excluding hydrogens is 258 g/mol. The lowest BCUT2D eigenvalue weighted by atomic mass is 10.4. The first-order chi connectivity index (χ1) is 9.19. The van der Waals surface area contributed by atoms with Crippen molar-refractivity contribution >= 4 is 11.3 Å². The lowest BCUT2D eigenvalue weighted by Gasteiger charge is -2.20. The Kier molecular flexibility index (Phi) is 5.76. The minimum absolute atomic E-state index is 0.511. The van der Waals surface area contributed by atoms with E-state index in [0.717, 1.165) is 32.3 Å². The highest BCUT2D eigenvalue weighted by Crippen LogP contribution is 2.28. The molecule has 0 spiro atoms. The van der Waals surface area contributed by atoms with Crippen LogP contribution in [0.1, 0.15) is 37.4 Å². The summed E-state index contributed by atoms with van der Waals surface area (Å²) in [7, 11) is 1.77. The van der Waals surface area contributed by atoms with Gasteiger partial charge < -0.3 is 10.1 Å². The van der Waals surface area contributed by atoms with Crippen LogP contribution in [0.2, 0.25) is 0 Å². The lowest BCUT2D eigenvalue weighted by Crippen LogP contribution is -2.29. The largest absolute Gasteiger partial charge is 0.383 e. The Hall–Kier alpha value is -0.490. The van der Waals surface area contributed by atoms with Crippen molar-refractivity contribution in [2.24, 2.45) is 0 Å². The van der Waals surface area contributed by atoms with Gasteiger partial charge in [0.1, 0.15) is 5.01 Å². The van der Waals surface area contributed by atoms with Gasteiger partial charge in [0.25, 0.3) is 0 Å². The Labute approximate surface area is 120 Å². The molecule has 0 unspecified atom stereocenters. The van der Waals surface area contributed by atoms with Crippen molar-refractivity contribution in [1.82, 2.24) is 15.2 Å². The minimum atomic E-state index is 0.511. The van der Waals surface area contributed by atoms with E-state index in [-0.39, 0.29) is 0 Å². The van der Waals surface area contributed by atoms with Crippen molar-refractivity contribution in [3.05, 3.63) is 16.1 Å². The van der Waals surface area contributed by atoms with E-state index < -0.39 is 0 Å². The smallest absolute Gasteiger partial charge is 0.107 e. The Morgan fingerprint density at radius 1 is 1.53 bits per heavy atom. The van der Waals surface area contributed by atoms with Crippen molar-refractivity contribution < 1.29 is 4.74 Å². The van der Waals surface area contributed by atoms with E-state index in [4.69, 9.17) is 9.72 Å². The van der Waals surface area contributed by atoms with Crippen LogP contribution in [0, 0.1) is 0 Å². The van der Waals surface area contributed by atoms with E-state index in [0.29, 0.717) is 6.04 Å². The third kappa shape index (κ3) is 5.18. The normalized spacial score (nSPS) is 15.6. The molecule has 0 atom stereocenters. The molecule has 0 aromatic carbocycles. The Balaban J connectivity index is 1.83. The summed E-state index contributed by atoms with van der Waals surface area (Å²) >= 11 is 1.76. The Morgan fingerprint density at radius 3 is 2.95 bits per heavy atom. The average molecular weight is 283 g/mol. The van der Waals surface area contributed by atoms with Gasteiger partial charge in [0.15, 0.2) is 0 Å². The van der Waals surface area contributed by atoms with Crippen LogP contribution in [0.3, 0.4) is 0 Å². The van der Waals surface area contributed by atoms with Gasteiger partial charge in [-0.3, -0.25) is 4.90 Å². The third-order valence-corrected chi connectivity index (χ3v) is 4.17. The molecule has 4 nitrogen and oxygen atoms in total. The first-order valence-electron chi connectivity index (χ1n) is 7.08. The molecule has 5 heteroatoms. The summed E-state index contributed by atoms with van der Waals surface area (Å²) in [4.78, 5) is 7.21. The van der Waals surface area contributed by atoms with Crippen LogP contribution in [0.15, 0.2) is 5.38 Å². The Morgan fingerprint density at radius 2 is 2.32 bits per heavy atom. The number of thiazole rings is 1. The Bertz CT molecular complexity index is 377. The number of nitrogens with one attached hydrogen (secondary N) is 1. The van der Waals surface area contributed by atoms with Crippen molar-refractivity contribution in [2.75, 3.05) is 20.3 Å². The molecule has 1 aliphatic rings. The standard InChI is InChI=1S/C14H25N3OS/c1-11(2)15-8-14-16-12(10-19-14)9-17(6-7-18-3)13-4-5-13/h10-11,13,15H,4-9H2,1-3H3. The van der Waals surface area contributed by atoms with Crippen LogP contribution >= 0.6 is 11.3 Å². The van der Waals surface area contributed by atoms with Crippen LogP contribution < -0.4 is 5.32 Å². The van der Waals surface area contributed by atoms with Gasteiger partial charge in [-0.1, -0.05) is 13.8 Å². The van der Waals surface area contributed by atoms with Gasteiger partial charge in [-0.2, -0.15) is 0 Å². The molecule has 19 heavy (non-hydrogen) atoms. The number of methoxy groups -OCH3 is 1. The quantitative estimate of drug-likeness (QED) is 0.754. The van der Waals surface area contributed by atoms with Gasteiger partial charge >= 0.3 is 0 Å². The molecule has 1 N–H and O–H groups in total. The molecule has 0 aliphatic heterocycles. The first-order valence-corrected chi connectivity index (χ1v) is 7.96. The highest BCUT2D eigenvalue weighted by Gasteiger charge is 2.28. The number of ether oxygens (including phenoxy) is 1. The molecule has 1 fully saturated rings. The summed E-state index contributed by atoms with van der Waals surface area (Å²) in [6.45, 7) is 7.99. The lowest BCUT2D eigenvalue weighted by molar-refractivity contribution is 0.139. The topological polar surface area (TPSA) is 37.4 Å². The summed E-state index contributed by atoms with van der Waals surface area (Å²) in [5, 5.41) is 6.79. The minimum Gasteiger partial charge on any atom is -0.383 e. The van der Waals surface area contributed by atoms with E-state index in [1.165, 1.54) is 23.5 Å². The summed E-state index contributed by atoms with van der Waals surface area (Å²) in [6, 6.07) is 1.27. The predicted octanol–water partition coefficient (Wildman–Crippen LogP) is 2.25. The second-order valence-corrected chi connectivity index (χ2v) is 6.41. The van der Waals surface area contributed by atoms with E-state index in [1.807, 2.05) is 0 Å². The zero-order valence-electron chi connectivity index (χ0n) is 12.2. The monoisotopic (exact) mass is 283 g/mol. The van der Waals surface area contributed by atoms with Gasteiger partial charge in [-0.25, -0.2) is 4.98 Å². The van der Waals surface area contributed by atoms with Crippen LogP contribution in [-0.4, -0.2) is 42.2 Å². The van der Waals surface area contributed by atoms with Crippen molar-refractivity contribution in [3.8, 4) is 0 Å². The molecule has 0 bridgehead atoms. The van der Waals surface area contributed by atoms with Crippen molar-refractivity contribution in [1.29, 1.82) is 0 Å². The first kappa shape index (κ1) is 14.9. The van der Waals surface area contributed by atoms with Crippen LogP contribution in [-0.2, 0) is 17.8 Å². The third-order valence-electron chi connectivity index (χ3n) is 3.27. The van der Waals surface area contributed by atoms with Crippen LogP contribution in [0.5, 0.6) is 0 Å². The van der Waals surface area contributed by atoms with Gasteiger partial charge in [-0.05, 0) is 12.8 Å². The molecule has 1 aromatic rings. The van der Waals surface area contributed by atoms with Gasteiger partial charge in [0.05, 0.1) is 12.3 Å². The molecule has 2 rings (SSSR count). The number of hydrogen-bond donors (Lipinski definition) is 1. The fraction of sp³-hybridized carbons (Fsp3) is 0.786. The second kappa shape index (κ2) is 7.33. The number of nitrogens with zero attached hydrogens (tertiary/aromatic N) is 2. The number of aromatic nitrogens is 1. The fourth-order valence-corrected chi connectivity index (χ4v) is 2.78. The number of hydrogen-bond acceptors (Lipinski definition) is 5. The zero-order chi connectivity index (χ0) is 13.7.